The normalized spacial score (nSPS) is 25.1. The minimum Gasteiger partial charge on any atom is -0.394 e. The minimum atomic E-state index is -1.80. The van der Waals surface area contributed by atoms with Crippen molar-refractivity contribution in [3.8, 4) is 0 Å². The van der Waals surface area contributed by atoms with E-state index in [1.54, 1.807) is 6.08 Å². The summed E-state index contributed by atoms with van der Waals surface area (Å²) in [4.78, 5) is 13.3. The summed E-state index contributed by atoms with van der Waals surface area (Å²) < 4.78 is 22.8. The summed E-state index contributed by atoms with van der Waals surface area (Å²) in [6.07, 6.45) is 47.9. The molecule has 0 aromatic rings. The second kappa shape index (κ2) is 49.1. The van der Waals surface area contributed by atoms with Crippen LogP contribution in [-0.2, 0) is 23.7 Å². The molecule has 2 rings (SSSR count). The lowest BCUT2D eigenvalue weighted by Gasteiger charge is -2.46. The second-order valence-corrected chi connectivity index (χ2v) is 21.8. The molecule has 2 heterocycles. The Balaban J connectivity index is 1.77. The highest BCUT2D eigenvalue weighted by atomic mass is 16.7. The third-order valence-corrected chi connectivity index (χ3v) is 14.8. The van der Waals surface area contributed by atoms with Gasteiger partial charge in [-0.25, -0.2) is 0 Å². The first-order valence-electron chi connectivity index (χ1n) is 31.2. The van der Waals surface area contributed by atoms with Crippen LogP contribution >= 0.6 is 0 Å². The van der Waals surface area contributed by atoms with Gasteiger partial charge in [-0.15, -0.1) is 0 Å². The summed E-state index contributed by atoms with van der Waals surface area (Å²) in [6.45, 7) is 2.76. The Morgan fingerprint density at radius 1 is 0.462 bits per heavy atom. The summed E-state index contributed by atoms with van der Waals surface area (Å²) >= 11 is 0. The molecule has 0 spiro atoms. The number of hydrogen-bond acceptors (Lipinski definition) is 13. The van der Waals surface area contributed by atoms with Gasteiger partial charge >= 0.3 is 0 Å². The number of amides is 1. The van der Waals surface area contributed by atoms with Gasteiger partial charge in [0.1, 0.15) is 48.8 Å². The Morgan fingerprint density at radius 3 is 1.35 bits per heavy atom. The van der Waals surface area contributed by atoms with E-state index < -0.39 is 86.8 Å². The van der Waals surface area contributed by atoms with Gasteiger partial charge in [-0.2, -0.15) is 0 Å². The van der Waals surface area contributed by atoms with Crippen molar-refractivity contribution in [2.75, 3.05) is 19.8 Å². The van der Waals surface area contributed by atoms with Crippen molar-refractivity contribution in [2.24, 2.45) is 0 Å². The average molecular weight is 1100 g/mol. The van der Waals surface area contributed by atoms with Crippen molar-refractivity contribution in [1.29, 1.82) is 0 Å². The highest BCUT2D eigenvalue weighted by Crippen LogP contribution is 2.30. The van der Waals surface area contributed by atoms with Gasteiger partial charge < -0.3 is 65.1 Å². The molecule has 0 radical (unpaired) electrons. The molecule has 2 fully saturated rings. The zero-order valence-corrected chi connectivity index (χ0v) is 48.6. The number of aliphatic hydroxyl groups is 8. The summed E-state index contributed by atoms with van der Waals surface area (Å²) in [5, 5.41) is 87.1. The second-order valence-electron chi connectivity index (χ2n) is 21.8. The molecule has 0 aromatic heterocycles. The van der Waals surface area contributed by atoms with Gasteiger partial charge in [0.05, 0.1) is 32.0 Å². The van der Waals surface area contributed by atoms with E-state index in [9.17, 15) is 45.6 Å². The fourth-order valence-electron chi connectivity index (χ4n) is 9.80. The molecule has 2 saturated heterocycles. The summed E-state index contributed by atoms with van der Waals surface area (Å²) in [6, 6.07) is -0.944. The molecular weight excluding hydrogens is 991 g/mol. The monoisotopic (exact) mass is 1100 g/mol. The number of carbonyl (C=O) groups is 1. The van der Waals surface area contributed by atoms with Gasteiger partial charge in [0.25, 0.3) is 0 Å². The van der Waals surface area contributed by atoms with Crippen LogP contribution in [0.5, 0.6) is 0 Å². The predicted octanol–water partition coefficient (Wildman–Crippen LogP) is 11.1. The maximum absolute atomic E-state index is 13.3. The fraction of sp³-hybridized carbons (Fsp3) is 0.797. The third kappa shape index (κ3) is 34.0. The average Bonchev–Trinajstić information content (AvgIpc) is 3.44. The molecule has 0 bridgehead atoms. The zero-order chi connectivity index (χ0) is 56.7. The maximum Gasteiger partial charge on any atom is 0.220 e. The first kappa shape index (κ1) is 71.5. The first-order chi connectivity index (χ1) is 38.1. The van der Waals surface area contributed by atoms with Crippen LogP contribution < -0.4 is 5.32 Å². The smallest absolute Gasteiger partial charge is 0.220 e. The van der Waals surface area contributed by atoms with E-state index in [4.69, 9.17) is 18.9 Å². The molecule has 12 unspecified atom stereocenters. The van der Waals surface area contributed by atoms with Gasteiger partial charge in [0.2, 0.25) is 5.91 Å². The van der Waals surface area contributed by atoms with Crippen molar-refractivity contribution in [3.63, 3.8) is 0 Å². The van der Waals surface area contributed by atoms with E-state index >= 15 is 0 Å². The minimum absolute atomic E-state index is 0.259. The number of allylic oxidation sites excluding steroid dienone is 11. The Kier molecular flexibility index (Phi) is 45.0. The first-order valence-corrected chi connectivity index (χ1v) is 31.2. The fourth-order valence-corrected chi connectivity index (χ4v) is 9.80. The van der Waals surface area contributed by atoms with Crippen LogP contribution in [0.3, 0.4) is 0 Å². The molecule has 14 heteroatoms. The van der Waals surface area contributed by atoms with Crippen molar-refractivity contribution >= 4 is 5.91 Å². The molecule has 0 aliphatic carbocycles. The van der Waals surface area contributed by atoms with Crippen LogP contribution in [0.25, 0.3) is 0 Å². The van der Waals surface area contributed by atoms with Gasteiger partial charge in [-0.1, -0.05) is 215 Å². The van der Waals surface area contributed by atoms with Crippen molar-refractivity contribution < 1.29 is 64.6 Å². The van der Waals surface area contributed by atoms with E-state index in [1.807, 2.05) is 6.08 Å². The number of aliphatic hydroxyl groups excluding tert-OH is 8. The highest BCUT2D eigenvalue weighted by molar-refractivity contribution is 5.76. The molecule has 452 valence electrons. The predicted molar refractivity (Wildman–Crippen MR) is 313 cm³/mol. The van der Waals surface area contributed by atoms with Crippen LogP contribution in [0.2, 0.25) is 0 Å². The van der Waals surface area contributed by atoms with Gasteiger partial charge in [-0.05, 0) is 83.5 Å². The molecule has 0 saturated carbocycles. The lowest BCUT2D eigenvalue weighted by molar-refractivity contribution is -0.359. The van der Waals surface area contributed by atoms with Gasteiger partial charge in [-0.3, -0.25) is 4.79 Å². The molecule has 2 aliphatic rings. The summed E-state index contributed by atoms with van der Waals surface area (Å²) in [7, 11) is 0. The highest BCUT2D eigenvalue weighted by Gasteiger charge is 2.51. The van der Waals surface area contributed by atoms with Crippen molar-refractivity contribution in [2.45, 2.75) is 306 Å². The molecule has 12 atom stereocenters. The van der Waals surface area contributed by atoms with E-state index in [0.29, 0.717) is 12.8 Å². The molecule has 14 nitrogen and oxygen atoms in total. The van der Waals surface area contributed by atoms with Gasteiger partial charge in [0, 0.05) is 6.42 Å². The Morgan fingerprint density at radius 2 is 0.859 bits per heavy atom. The lowest BCUT2D eigenvalue weighted by Crippen LogP contribution is -2.65. The Labute approximate surface area is 472 Å². The Hall–Kier alpha value is -2.57. The van der Waals surface area contributed by atoms with E-state index in [0.717, 1.165) is 64.2 Å². The molecule has 1 amide bonds. The van der Waals surface area contributed by atoms with Crippen LogP contribution in [-0.4, -0.2) is 140 Å². The summed E-state index contributed by atoms with van der Waals surface area (Å²) in [5.41, 5.74) is 0. The standard InChI is InChI=1S/C64H113NO13/c1-3-5-7-9-11-13-15-17-19-21-23-24-25-26-27-28-30-32-34-36-38-40-42-44-46-48-56(69)65-52(53(68)47-45-43-41-39-37-35-33-31-29-22-20-18-16-14-12-10-8-6-4-2)51-75-63-61(74)59(72)62(55(50-67)77-63)78-64-60(73)58(71)57(70)54(49-66)76-64/h15,17,21,23,25-26,29,31,37,39,45,47,52-55,57-64,66-68,70-74H,3-14,16,18-20,22,24,27-28,30,32-36,38,40-44,46,48-51H2,1-2H3,(H,65,69)/b17-15-,23-21-,26-25-,31-29+,39-37+,47-45+. The van der Waals surface area contributed by atoms with Crippen molar-refractivity contribution in [1.82, 2.24) is 5.32 Å². The van der Waals surface area contributed by atoms with Crippen LogP contribution in [0.15, 0.2) is 72.9 Å². The van der Waals surface area contributed by atoms with E-state index in [2.05, 4.69) is 79.9 Å². The number of carbonyl (C=O) groups excluding carboxylic acids is 1. The van der Waals surface area contributed by atoms with Crippen LogP contribution in [0, 0.1) is 0 Å². The quantitative estimate of drug-likeness (QED) is 0.0204. The number of hydrogen-bond donors (Lipinski definition) is 9. The summed E-state index contributed by atoms with van der Waals surface area (Å²) in [5.74, 6) is -0.259. The van der Waals surface area contributed by atoms with Gasteiger partial charge in [0.15, 0.2) is 12.6 Å². The SMILES string of the molecule is CCCCCCC/C=C\C/C=C\C/C=C\CCCCCCCCCCCCC(=O)NC(COC1OC(CO)C(OC2OC(CO)C(O)C(O)C2O)C(O)C1O)C(O)/C=C/CC/C=C/CC/C=C/CCCCCCCCCCC. The maximum atomic E-state index is 13.3. The van der Waals surface area contributed by atoms with E-state index in [-0.39, 0.29) is 18.9 Å². The molecule has 9 N–H and O–H groups in total. The third-order valence-electron chi connectivity index (χ3n) is 14.8. The van der Waals surface area contributed by atoms with Crippen LogP contribution in [0.1, 0.15) is 232 Å². The molecule has 2 aliphatic heterocycles. The lowest BCUT2D eigenvalue weighted by atomic mass is 9.97. The number of ether oxygens (including phenoxy) is 4. The number of unbranched alkanes of at least 4 members (excludes halogenated alkanes) is 26. The number of rotatable bonds is 49. The molecule has 78 heavy (non-hydrogen) atoms. The number of nitrogens with one attached hydrogen (secondary N) is 1. The largest absolute Gasteiger partial charge is 0.394 e. The topological polar surface area (TPSA) is 228 Å². The molecule has 0 aromatic carbocycles. The van der Waals surface area contributed by atoms with E-state index in [1.165, 1.54) is 135 Å². The Bertz CT molecular complexity index is 1580. The zero-order valence-electron chi connectivity index (χ0n) is 48.6. The van der Waals surface area contributed by atoms with Crippen molar-refractivity contribution in [3.05, 3.63) is 72.9 Å². The molecular formula is C64H113NO13. The van der Waals surface area contributed by atoms with Crippen LogP contribution in [0.4, 0.5) is 0 Å².